The lowest BCUT2D eigenvalue weighted by molar-refractivity contribution is 0.302. The van der Waals surface area contributed by atoms with Crippen LogP contribution in [0.3, 0.4) is 0 Å². The van der Waals surface area contributed by atoms with Gasteiger partial charge in [-0.25, -0.2) is 0 Å². The largest absolute Gasteiger partial charge is 0.507 e. The summed E-state index contributed by atoms with van der Waals surface area (Å²) in [6, 6.07) is 5.10. The molecule has 0 bridgehead atoms. The molecular formula is C26H45NO3. The molecule has 4 heteroatoms. The number of ether oxygens (including phenoxy) is 1. The molecule has 0 spiro atoms. The van der Waals surface area contributed by atoms with Crippen molar-refractivity contribution < 1.29 is 15.1 Å². The molecule has 0 unspecified atom stereocenters. The molecule has 30 heavy (non-hydrogen) atoms. The van der Waals surface area contributed by atoms with Crippen molar-refractivity contribution >= 4 is 5.71 Å². The van der Waals surface area contributed by atoms with Gasteiger partial charge in [0.15, 0.2) is 0 Å². The van der Waals surface area contributed by atoms with Crippen LogP contribution in [-0.2, 0) is 0 Å². The van der Waals surface area contributed by atoms with E-state index in [1.807, 2.05) is 0 Å². The summed E-state index contributed by atoms with van der Waals surface area (Å²) in [7, 11) is 0. The van der Waals surface area contributed by atoms with Gasteiger partial charge in [0.2, 0.25) is 0 Å². The smallest absolute Gasteiger partial charge is 0.128 e. The summed E-state index contributed by atoms with van der Waals surface area (Å²) >= 11 is 0. The minimum Gasteiger partial charge on any atom is -0.507 e. The molecule has 1 rings (SSSR count). The fraction of sp³-hybridized carbons (Fsp3) is 0.731. The number of oxime groups is 1. The average molecular weight is 420 g/mol. The Morgan fingerprint density at radius 1 is 0.767 bits per heavy atom. The molecule has 0 aliphatic rings. The van der Waals surface area contributed by atoms with Gasteiger partial charge in [-0.05, 0) is 25.5 Å². The van der Waals surface area contributed by atoms with Crippen molar-refractivity contribution in [1.29, 1.82) is 0 Å². The fourth-order valence-electron chi connectivity index (χ4n) is 3.80. The van der Waals surface area contributed by atoms with Gasteiger partial charge in [0.25, 0.3) is 0 Å². The van der Waals surface area contributed by atoms with Crippen molar-refractivity contribution in [2.75, 3.05) is 6.61 Å². The average Bonchev–Trinajstić information content (AvgIpc) is 2.75. The normalized spacial score (nSPS) is 11.7. The zero-order valence-corrected chi connectivity index (χ0v) is 19.5. The molecule has 0 aliphatic heterocycles. The first-order chi connectivity index (χ1) is 14.7. The summed E-state index contributed by atoms with van der Waals surface area (Å²) in [5.74, 6) is 0.734. The first kappa shape index (κ1) is 26.3. The maximum Gasteiger partial charge on any atom is 0.128 e. The van der Waals surface area contributed by atoms with Crippen LogP contribution in [0.4, 0.5) is 0 Å². The third-order valence-electron chi connectivity index (χ3n) is 5.78. The molecule has 0 atom stereocenters. The Morgan fingerprint density at radius 3 is 1.67 bits per heavy atom. The van der Waals surface area contributed by atoms with E-state index in [0.717, 1.165) is 6.42 Å². The molecule has 0 heterocycles. The Morgan fingerprint density at radius 2 is 1.23 bits per heavy atom. The van der Waals surface area contributed by atoms with Gasteiger partial charge < -0.3 is 15.1 Å². The predicted molar refractivity (Wildman–Crippen MR) is 127 cm³/mol. The lowest BCUT2D eigenvalue weighted by atomic mass is 10.0. The van der Waals surface area contributed by atoms with Gasteiger partial charge in [0.1, 0.15) is 11.5 Å². The number of hydrogen-bond acceptors (Lipinski definition) is 4. The molecule has 172 valence electrons. The molecule has 0 saturated heterocycles. The fourth-order valence-corrected chi connectivity index (χ4v) is 3.80. The van der Waals surface area contributed by atoms with Crippen LogP contribution in [0, 0.1) is 0 Å². The minimum absolute atomic E-state index is 0.0785. The summed E-state index contributed by atoms with van der Waals surface area (Å²) < 4.78 is 5.71. The van der Waals surface area contributed by atoms with Crippen molar-refractivity contribution in [2.45, 2.75) is 117 Å². The second kappa shape index (κ2) is 18.1. The van der Waals surface area contributed by atoms with Gasteiger partial charge in [-0.15, -0.1) is 0 Å². The number of hydrogen-bond donors (Lipinski definition) is 2. The lowest BCUT2D eigenvalue weighted by Gasteiger charge is -2.09. The molecule has 0 fully saturated rings. The van der Waals surface area contributed by atoms with Crippen LogP contribution in [0.15, 0.2) is 23.4 Å². The van der Waals surface area contributed by atoms with E-state index >= 15 is 0 Å². The SMILES string of the molecule is CCCCCCCCCCCCCCCCCCOc1ccc(C(C)=NO)c(O)c1. The number of rotatable bonds is 19. The van der Waals surface area contributed by atoms with Crippen molar-refractivity contribution in [2.24, 2.45) is 5.16 Å². The van der Waals surface area contributed by atoms with Gasteiger partial charge in [0, 0.05) is 11.6 Å². The Kier molecular flexibility index (Phi) is 15.9. The van der Waals surface area contributed by atoms with Crippen LogP contribution in [0.1, 0.15) is 122 Å². The molecule has 0 aliphatic carbocycles. The third kappa shape index (κ3) is 12.8. The van der Waals surface area contributed by atoms with Crippen molar-refractivity contribution in [3.8, 4) is 11.5 Å². The van der Waals surface area contributed by atoms with Gasteiger partial charge in [0.05, 0.1) is 12.3 Å². The number of unbranched alkanes of at least 4 members (excludes halogenated alkanes) is 15. The molecule has 2 N–H and O–H groups in total. The summed E-state index contributed by atoms with van der Waals surface area (Å²) in [6.07, 6.45) is 21.7. The van der Waals surface area contributed by atoms with Crippen LogP contribution < -0.4 is 4.74 Å². The second-order valence-corrected chi connectivity index (χ2v) is 8.52. The standard InChI is InChI=1S/C26H45NO3/c1-3-4-5-6-7-8-9-10-11-12-13-14-15-16-17-18-21-30-24-19-20-25(23(2)27-29)26(28)22-24/h19-20,22,28-29H,3-18,21H2,1-2H3. The quantitative estimate of drug-likeness (QED) is 0.103. The molecule has 0 radical (unpaired) electrons. The van der Waals surface area contributed by atoms with E-state index < -0.39 is 0 Å². The molecule has 0 amide bonds. The number of benzene rings is 1. The van der Waals surface area contributed by atoms with Crippen LogP contribution >= 0.6 is 0 Å². The van der Waals surface area contributed by atoms with Gasteiger partial charge in [-0.1, -0.05) is 108 Å². The highest BCUT2D eigenvalue weighted by Gasteiger charge is 2.06. The van der Waals surface area contributed by atoms with Crippen LogP contribution in [0.5, 0.6) is 11.5 Å². The molecule has 1 aromatic rings. The molecule has 1 aromatic carbocycles. The molecule has 0 saturated carbocycles. The van der Waals surface area contributed by atoms with E-state index in [4.69, 9.17) is 9.94 Å². The van der Waals surface area contributed by atoms with Crippen molar-refractivity contribution in [1.82, 2.24) is 0 Å². The summed E-state index contributed by atoms with van der Waals surface area (Å²) in [5, 5.41) is 21.9. The molecular weight excluding hydrogens is 374 g/mol. The zero-order valence-electron chi connectivity index (χ0n) is 19.5. The monoisotopic (exact) mass is 419 g/mol. The zero-order chi connectivity index (χ0) is 21.9. The minimum atomic E-state index is 0.0785. The maximum atomic E-state index is 9.96. The Bertz CT molecular complexity index is 571. The third-order valence-corrected chi connectivity index (χ3v) is 5.78. The van der Waals surface area contributed by atoms with E-state index in [2.05, 4.69) is 12.1 Å². The van der Waals surface area contributed by atoms with E-state index in [-0.39, 0.29) is 5.75 Å². The number of phenolic OH excluding ortho intramolecular Hbond substituents is 1. The van der Waals surface area contributed by atoms with Crippen LogP contribution in [-0.4, -0.2) is 22.6 Å². The van der Waals surface area contributed by atoms with Gasteiger partial charge in [-0.2, -0.15) is 0 Å². The number of nitrogens with zero attached hydrogens (tertiary/aromatic N) is 1. The van der Waals surface area contributed by atoms with Crippen molar-refractivity contribution in [3.05, 3.63) is 23.8 Å². The Labute approximate surface area is 184 Å². The predicted octanol–water partition coefficient (Wildman–Crippen LogP) is 8.23. The first-order valence-electron chi connectivity index (χ1n) is 12.3. The molecule has 0 aromatic heterocycles. The second-order valence-electron chi connectivity index (χ2n) is 8.52. The van der Waals surface area contributed by atoms with Crippen LogP contribution in [0.2, 0.25) is 0 Å². The Balaban J connectivity index is 1.88. The van der Waals surface area contributed by atoms with E-state index in [1.54, 1.807) is 25.1 Å². The highest BCUT2D eigenvalue weighted by molar-refractivity contribution is 6.00. The van der Waals surface area contributed by atoms with E-state index in [9.17, 15) is 5.11 Å². The van der Waals surface area contributed by atoms with E-state index in [1.165, 1.54) is 96.3 Å². The van der Waals surface area contributed by atoms with Gasteiger partial charge >= 0.3 is 0 Å². The topological polar surface area (TPSA) is 62.0 Å². The van der Waals surface area contributed by atoms with Crippen molar-refractivity contribution in [3.63, 3.8) is 0 Å². The summed E-state index contributed by atoms with van der Waals surface area (Å²) in [5.41, 5.74) is 0.907. The molecule has 4 nitrogen and oxygen atoms in total. The maximum absolute atomic E-state index is 9.96. The summed E-state index contributed by atoms with van der Waals surface area (Å²) in [6.45, 7) is 4.59. The van der Waals surface area contributed by atoms with E-state index in [0.29, 0.717) is 23.6 Å². The first-order valence-corrected chi connectivity index (χ1v) is 12.3. The number of aromatic hydroxyl groups is 1. The van der Waals surface area contributed by atoms with Gasteiger partial charge in [-0.3, -0.25) is 0 Å². The summed E-state index contributed by atoms with van der Waals surface area (Å²) in [4.78, 5) is 0. The highest BCUT2D eigenvalue weighted by atomic mass is 16.5. The highest BCUT2D eigenvalue weighted by Crippen LogP contribution is 2.24. The number of phenols is 1. The lowest BCUT2D eigenvalue weighted by Crippen LogP contribution is -1.99. The Hall–Kier alpha value is -1.71. The van der Waals surface area contributed by atoms with Crippen LogP contribution in [0.25, 0.3) is 0 Å².